The van der Waals surface area contributed by atoms with Crippen molar-refractivity contribution in [3.63, 3.8) is 0 Å². The molecule has 1 fully saturated rings. The molecule has 110 valence electrons. The summed E-state index contributed by atoms with van der Waals surface area (Å²) in [5.74, 6) is 2.29. The summed E-state index contributed by atoms with van der Waals surface area (Å²) in [6, 6.07) is 0. The number of aromatic nitrogens is 2. The minimum absolute atomic E-state index is 0.0675. The number of hydrogen-bond donors (Lipinski definition) is 3. The van der Waals surface area contributed by atoms with E-state index in [1.807, 2.05) is 27.7 Å². The first-order valence-corrected chi connectivity index (χ1v) is 6.95. The molecule has 0 aliphatic heterocycles. The standard InChI is InChI=1S/C14H23N5O/c1-8-11(15)17-13(9-5-6-9)18-12(8)16-7-10(20)19-14(2,3)4/h9H,5-7H2,1-4H3,(H,19,20)(H3,15,16,17,18). The number of hydrogen-bond acceptors (Lipinski definition) is 5. The lowest BCUT2D eigenvalue weighted by molar-refractivity contribution is -0.120. The summed E-state index contributed by atoms with van der Waals surface area (Å²) >= 11 is 0. The van der Waals surface area contributed by atoms with E-state index in [2.05, 4.69) is 20.6 Å². The summed E-state index contributed by atoms with van der Waals surface area (Å²) in [5, 5.41) is 5.95. The second-order valence-electron chi connectivity index (χ2n) is 6.37. The topological polar surface area (TPSA) is 92.9 Å². The third kappa shape index (κ3) is 3.82. The SMILES string of the molecule is Cc1c(N)nc(C2CC2)nc1NCC(=O)NC(C)(C)C. The molecule has 0 unspecified atom stereocenters. The Morgan fingerprint density at radius 2 is 2.00 bits per heavy atom. The van der Waals surface area contributed by atoms with Crippen molar-refractivity contribution >= 4 is 17.5 Å². The highest BCUT2D eigenvalue weighted by Crippen LogP contribution is 2.39. The van der Waals surface area contributed by atoms with Crippen molar-refractivity contribution < 1.29 is 4.79 Å². The predicted molar refractivity (Wildman–Crippen MR) is 79.5 cm³/mol. The van der Waals surface area contributed by atoms with Gasteiger partial charge in [-0.2, -0.15) is 0 Å². The fraction of sp³-hybridized carbons (Fsp3) is 0.643. The molecule has 1 aliphatic rings. The second kappa shape index (κ2) is 5.26. The minimum atomic E-state index is -0.238. The number of nitrogen functional groups attached to an aromatic ring is 1. The van der Waals surface area contributed by atoms with Gasteiger partial charge in [-0.05, 0) is 40.5 Å². The van der Waals surface area contributed by atoms with Gasteiger partial charge >= 0.3 is 0 Å². The van der Waals surface area contributed by atoms with E-state index >= 15 is 0 Å². The number of nitrogens with one attached hydrogen (secondary N) is 2. The van der Waals surface area contributed by atoms with Gasteiger partial charge < -0.3 is 16.4 Å². The Balaban J connectivity index is 2.03. The molecule has 1 aromatic rings. The third-order valence-electron chi connectivity index (χ3n) is 3.07. The number of carbonyl (C=O) groups excluding carboxylic acids is 1. The molecule has 0 aromatic carbocycles. The molecule has 2 rings (SSSR count). The smallest absolute Gasteiger partial charge is 0.239 e. The molecule has 1 aromatic heterocycles. The maximum atomic E-state index is 11.8. The number of amides is 1. The van der Waals surface area contributed by atoms with Crippen LogP contribution in [-0.4, -0.2) is 28.0 Å². The molecule has 1 heterocycles. The summed E-state index contributed by atoms with van der Waals surface area (Å²) in [6.45, 7) is 7.88. The van der Waals surface area contributed by atoms with Gasteiger partial charge in [-0.1, -0.05) is 0 Å². The summed E-state index contributed by atoms with van der Waals surface area (Å²) < 4.78 is 0. The van der Waals surface area contributed by atoms with Gasteiger partial charge in [0.25, 0.3) is 0 Å². The van der Waals surface area contributed by atoms with E-state index in [1.165, 1.54) is 0 Å². The van der Waals surface area contributed by atoms with Gasteiger partial charge in [-0.3, -0.25) is 4.79 Å². The molecule has 0 saturated heterocycles. The molecule has 1 amide bonds. The number of nitrogens with zero attached hydrogens (tertiary/aromatic N) is 2. The molecule has 0 spiro atoms. The van der Waals surface area contributed by atoms with Gasteiger partial charge in [0.2, 0.25) is 5.91 Å². The van der Waals surface area contributed by atoms with Crippen LogP contribution in [0.2, 0.25) is 0 Å². The van der Waals surface area contributed by atoms with Crippen LogP contribution in [0.1, 0.15) is 50.9 Å². The van der Waals surface area contributed by atoms with E-state index < -0.39 is 0 Å². The molecule has 6 nitrogen and oxygen atoms in total. The summed E-state index contributed by atoms with van der Waals surface area (Å²) in [5.41, 5.74) is 6.45. The Morgan fingerprint density at radius 3 is 2.55 bits per heavy atom. The van der Waals surface area contributed by atoms with Crippen molar-refractivity contribution in [2.45, 2.75) is 52.0 Å². The van der Waals surface area contributed by atoms with E-state index in [-0.39, 0.29) is 18.0 Å². The largest absolute Gasteiger partial charge is 0.383 e. The zero-order valence-corrected chi connectivity index (χ0v) is 12.6. The number of carbonyl (C=O) groups is 1. The van der Waals surface area contributed by atoms with Crippen LogP contribution in [0, 0.1) is 6.92 Å². The van der Waals surface area contributed by atoms with Crippen molar-refractivity contribution in [1.82, 2.24) is 15.3 Å². The summed E-state index contributed by atoms with van der Waals surface area (Å²) in [7, 11) is 0. The highest BCUT2D eigenvalue weighted by Gasteiger charge is 2.28. The molecular formula is C14H23N5O. The molecular weight excluding hydrogens is 254 g/mol. The Labute approximate surface area is 119 Å². The van der Waals surface area contributed by atoms with Crippen LogP contribution < -0.4 is 16.4 Å². The van der Waals surface area contributed by atoms with Gasteiger partial charge in [-0.15, -0.1) is 0 Å². The molecule has 20 heavy (non-hydrogen) atoms. The number of rotatable bonds is 4. The van der Waals surface area contributed by atoms with Crippen molar-refractivity contribution in [2.75, 3.05) is 17.6 Å². The van der Waals surface area contributed by atoms with Crippen LogP contribution in [0.5, 0.6) is 0 Å². The quantitative estimate of drug-likeness (QED) is 0.777. The van der Waals surface area contributed by atoms with Crippen molar-refractivity contribution in [3.8, 4) is 0 Å². The van der Waals surface area contributed by atoms with E-state index in [0.29, 0.717) is 17.6 Å². The van der Waals surface area contributed by atoms with Gasteiger partial charge in [-0.25, -0.2) is 9.97 Å². The molecule has 4 N–H and O–H groups in total. The zero-order chi connectivity index (χ0) is 14.9. The Morgan fingerprint density at radius 1 is 1.35 bits per heavy atom. The fourth-order valence-corrected chi connectivity index (χ4v) is 1.87. The van der Waals surface area contributed by atoms with E-state index in [0.717, 1.165) is 24.2 Å². The van der Waals surface area contributed by atoms with Gasteiger partial charge in [0.1, 0.15) is 17.5 Å². The lowest BCUT2D eigenvalue weighted by Crippen LogP contribution is -2.43. The molecule has 6 heteroatoms. The van der Waals surface area contributed by atoms with Gasteiger partial charge in [0.15, 0.2) is 0 Å². The summed E-state index contributed by atoms with van der Waals surface area (Å²) in [6.07, 6.45) is 2.24. The van der Waals surface area contributed by atoms with Crippen LogP contribution in [0.4, 0.5) is 11.6 Å². The normalized spacial score (nSPS) is 15.0. The molecule has 1 saturated carbocycles. The number of nitrogens with two attached hydrogens (primary N) is 1. The van der Waals surface area contributed by atoms with Crippen molar-refractivity contribution in [2.24, 2.45) is 0 Å². The number of anilines is 2. The van der Waals surface area contributed by atoms with E-state index in [4.69, 9.17) is 5.73 Å². The Kier molecular flexibility index (Phi) is 3.83. The zero-order valence-electron chi connectivity index (χ0n) is 12.6. The van der Waals surface area contributed by atoms with Crippen molar-refractivity contribution in [1.29, 1.82) is 0 Å². The first-order chi connectivity index (χ1) is 9.26. The first kappa shape index (κ1) is 14.6. The highest BCUT2D eigenvalue weighted by atomic mass is 16.2. The fourth-order valence-electron chi connectivity index (χ4n) is 1.87. The second-order valence-corrected chi connectivity index (χ2v) is 6.37. The van der Waals surface area contributed by atoms with Gasteiger partial charge in [0.05, 0.1) is 6.54 Å². The molecule has 0 atom stereocenters. The van der Waals surface area contributed by atoms with Crippen LogP contribution >= 0.6 is 0 Å². The van der Waals surface area contributed by atoms with E-state index in [1.54, 1.807) is 0 Å². The first-order valence-electron chi connectivity index (χ1n) is 6.95. The highest BCUT2D eigenvalue weighted by molar-refractivity contribution is 5.81. The lowest BCUT2D eigenvalue weighted by atomic mass is 10.1. The average molecular weight is 277 g/mol. The van der Waals surface area contributed by atoms with Crippen molar-refractivity contribution in [3.05, 3.63) is 11.4 Å². The maximum Gasteiger partial charge on any atom is 0.239 e. The molecule has 0 bridgehead atoms. The minimum Gasteiger partial charge on any atom is -0.383 e. The van der Waals surface area contributed by atoms with E-state index in [9.17, 15) is 4.79 Å². The summed E-state index contributed by atoms with van der Waals surface area (Å²) in [4.78, 5) is 20.6. The van der Waals surface area contributed by atoms with Crippen LogP contribution in [0.15, 0.2) is 0 Å². The average Bonchev–Trinajstić information content (AvgIpc) is 3.12. The monoisotopic (exact) mass is 277 g/mol. The molecule has 1 aliphatic carbocycles. The van der Waals surface area contributed by atoms with Crippen LogP contribution in [-0.2, 0) is 4.79 Å². The third-order valence-corrected chi connectivity index (χ3v) is 3.07. The molecule has 0 radical (unpaired) electrons. The predicted octanol–water partition coefficient (Wildman–Crippen LogP) is 1.57. The lowest BCUT2D eigenvalue weighted by Gasteiger charge is -2.21. The van der Waals surface area contributed by atoms with Gasteiger partial charge in [0, 0.05) is 17.0 Å². The van der Waals surface area contributed by atoms with Crippen LogP contribution in [0.3, 0.4) is 0 Å². The maximum absolute atomic E-state index is 11.8. The Hall–Kier alpha value is -1.85. The Bertz CT molecular complexity index is 517. The van der Waals surface area contributed by atoms with Crippen LogP contribution in [0.25, 0.3) is 0 Å².